The third-order valence-corrected chi connectivity index (χ3v) is 4.57. The molecular formula is C19H16ClF3N2O3. The molecule has 0 spiro atoms. The number of cyclic esters (lactones) is 1. The first-order valence-corrected chi connectivity index (χ1v) is 8.91. The number of ether oxygens (including phenoxy) is 1. The van der Waals surface area contributed by atoms with E-state index in [4.69, 9.17) is 16.3 Å². The van der Waals surface area contributed by atoms with Gasteiger partial charge in [0.05, 0.1) is 18.8 Å². The van der Waals surface area contributed by atoms with Crippen molar-refractivity contribution in [3.05, 3.63) is 53.8 Å². The van der Waals surface area contributed by atoms with Crippen LogP contribution >= 0.6 is 11.6 Å². The van der Waals surface area contributed by atoms with Gasteiger partial charge in [0.1, 0.15) is 11.9 Å². The number of nitrogens with zero attached hydrogens (tertiary/aromatic N) is 1. The normalized spacial score (nSPS) is 16.4. The molecule has 3 rings (SSSR count). The van der Waals surface area contributed by atoms with Crippen molar-refractivity contribution in [1.82, 2.24) is 5.32 Å². The topological polar surface area (TPSA) is 58.6 Å². The molecular weight excluding hydrogens is 397 g/mol. The van der Waals surface area contributed by atoms with Crippen LogP contribution in [-0.2, 0) is 15.4 Å². The molecule has 148 valence electrons. The smallest absolute Gasteiger partial charge is 0.414 e. The van der Waals surface area contributed by atoms with Crippen molar-refractivity contribution in [2.24, 2.45) is 0 Å². The number of rotatable bonds is 6. The molecule has 9 heteroatoms. The van der Waals surface area contributed by atoms with Crippen LogP contribution in [0.15, 0.2) is 42.5 Å². The lowest BCUT2D eigenvalue weighted by atomic mass is 10.0. The first-order chi connectivity index (χ1) is 13.4. The summed E-state index contributed by atoms with van der Waals surface area (Å²) in [5.41, 5.74) is 2.20. The van der Waals surface area contributed by atoms with Crippen molar-refractivity contribution in [2.75, 3.05) is 18.0 Å². The average molecular weight is 413 g/mol. The second-order valence-electron chi connectivity index (χ2n) is 6.16. The number of alkyl halides is 3. The lowest BCUT2D eigenvalue weighted by Crippen LogP contribution is -2.37. The van der Waals surface area contributed by atoms with Gasteiger partial charge in [-0.1, -0.05) is 24.3 Å². The number of carbonyl (C=O) groups is 2. The predicted octanol–water partition coefficient (Wildman–Crippen LogP) is 3.94. The Morgan fingerprint density at radius 2 is 1.96 bits per heavy atom. The fourth-order valence-corrected chi connectivity index (χ4v) is 2.99. The Kier molecular flexibility index (Phi) is 6.08. The minimum Gasteiger partial charge on any atom is -0.442 e. The molecule has 1 unspecified atom stereocenters. The number of benzene rings is 2. The van der Waals surface area contributed by atoms with E-state index in [0.29, 0.717) is 17.0 Å². The number of hydrogen-bond donors (Lipinski definition) is 1. The van der Waals surface area contributed by atoms with Crippen molar-refractivity contribution in [2.45, 2.75) is 18.4 Å². The highest BCUT2D eigenvalue weighted by molar-refractivity contribution is 6.17. The van der Waals surface area contributed by atoms with Crippen LogP contribution in [0.2, 0.25) is 0 Å². The summed E-state index contributed by atoms with van der Waals surface area (Å²) in [5.74, 6) is -1.61. The van der Waals surface area contributed by atoms with Gasteiger partial charge in [-0.05, 0) is 29.3 Å². The zero-order valence-corrected chi connectivity index (χ0v) is 15.3. The van der Waals surface area contributed by atoms with Gasteiger partial charge in [-0.2, -0.15) is 8.78 Å². The maximum atomic E-state index is 14.6. The van der Waals surface area contributed by atoms with E-state index in [1.807, 2.05) is 5.32 Å². The quantitative estimate of drug-likeness (QED) is 0.731. The van der Waals surface area contributed by atoms with E-state index >= 15 is 0 Å². The second kappa shape index (κ2) is 8.52. The standard InChI is InChI=1S/C19H16ClF3N2O3/c20-8-11-1-3-12(4-2-11)15-6-5-13(7-16(15)21)25-10-14(28-19(25)27)9-24-18(26)17(22)23/h1-7,14,17H,8-10H2,(H,24,26). The summed E-state index contributed by atoms with van der Waals surface area (Å²) in [6.07, 6.45) is -4.69. The highest BCUT2D eigenvalue weighted by Gasteiger charge is 2.33. The fourth-order valence-electron chi connectivity index (χ4n) is 2.81. The van der Waals surface area contributed by atoms with Gasteiger partial charge in [0.2, 0.25) is 0 Å². The molecule has 1 heterocycles. The molecule has 0 bridgehead atoms. The Morgan fingerprint density at radius 3 is 2.57 bits per heavy atom. The van der Waals surface area contributed by atoms with Crippen LogP contribution < -0.4 is 10.2 Å². The molecule has 1 saturated heterocycles. The number of nitrogens with one attached hydrogen (secondary N) is 1. The summed E-state index contributed by atoms with van der Waals surface area (Å²) < 4.78 is 44.0. The molecule has 2 aromatic rings. The maximum Gasteiger partial charge on any atom is 0.414 e. The number of anilines is 1. The lowest BCUT2D eigenvalue weighted by Gasteiger charge is -2.14. The molecule has 1 atom stereocenters. The van der Waals surface area contributed by atoms with Crippen molar-refractivity contribution in [3.63, 3.8) is 0 Å². The molecule has 1 fully saturated rings. The molecule has 0 saturated carbocycles. The van der Waals surface area contributed by atoms with E-state index in [9.17, 15) is 22.8 Å². The van der Waals surface area contributed by atoms with Crippen molar-refractivity contribution in [1.29, 1.82) is 0 Å². The molecule has 0 radical (unpaired) electrons. The molecule has 1 N–H and O–H groups in total. The van der Waals surface area contributed by atoms with Crippen LogP contribution in [-0.4, -0.2) is 37.6 Å². The van der Waals surface area contributed by atoms with Gasteiger partial charge in [0, 0.05) is 11.4 Å². The van der Waals surface area contributed by atoms with Gasteiger partial charge in [0.25, 0.3) is 5.91 Å². The third-order valence-electron chi connectivity index (χ3n) is 4.26. The minimum absolute atomic E-state index is 0.00551. The van der Waals surface area contributed by atoms with Crippen LogP contribution in [0, 0.1) is 5.82 Å². The number of hydrogen-bond acceptors (Lipinski definition) is 3. The Morgan fingerprint density at radius 1 is 1.25 bits per heavy atom. The summed E-state index contributed by atoms with van der Waals surface area (Å²) in [6, 6.07) is 11.4. The average Bonchev–Trinajstić information content (AvgIpc) is 3.06. The van der Waals surface area contributed by atoms with E-state index < -0.39 is 30.3 Å². The van der Waals surface area contributed by atoms with Crippen molar-refractivity contribution >= 4 is 29.3 Å². The van der Waals surface area contributed by atoms with Crippen molar-refractivity contribution in [3.8, 4) is 11.1 Å². The molecule has 1 aliphatic heterocycles. The Labute approximate surface area is 164 Å². The summed E-state index contributed by atoms with van der Waals surface area (Å²) in [6.45, 7) is -0.246. The van der Waals surface area contributed by atoms with Crippen LogP contribution in [0.4, 0.5) is 23.7 Å². The molecule has 5 nitrogen and oxygen atoms in total. The number of halogens is 4. The van der Waals surface area contributed by atoms with Gasteiger partial charge < -0.3 is 10.1 Å². The molecule has 2 amide bonds. The summed E-state index contributed by atoms with van der Waals surface area (Å²) in [7, 11) is 0. The zero-order valence-electron chi connectivity index (χ0n) is 14.5. The molecule has 0 aliphatic carbocycles. The fraction of sp³-hybridized carbons (Fsp3) is 0.263. The number of carbonyl (C=O) groups excluding carboxylic acids is 2. The van der Waals surface area contributed by atoms with Gasteiger partial charge in [0.15, 0.2) is 0 Å². The summed E-state index contributed by atoms with van der Waals surface area (Å²) >= 11 is 5.75. The zero-order chi connectivity index (χ0) is 20.3. The second-order valence-corrected chi connectivity index (χ2v) is 6.42. The molecule has 0 aromatic heterocycles. The molecule has 28 heavy (non-hydrogen) atoms. The van der Waals surface area contributed by atoms with E-state index in [2.05, 4.69) is 0 Å². The van der Waals surface area contributed by atoms with E-state index in [1.165, 1.54) is 11.0 Å². The molecule has 1 aliphatic rings. The first kappa shape index (κ1) is 20.0. The SMILES string of the molecule is O=C(NCC1CN(c2ccc(-c3ccc(CCl)cc3)c(F)c2)C(=O)O1)C(F)F. The summed E-state index contributed by atoms with van der Waals surface area (Å²) in [4.78, 5) is 24.1. The van der Waals surface area contributed by atoms with Crippen LogP contribution in [0.5, 0.6) is 0 Å². The Balaban J connectivity index is 1.71. The van der Waals surface area contributed by atoms with Crippen molar-refractivity contribution < 1.29 is 27.5 Å². The van der Waals surface area contributed by atoms with Gasteiger partial charge in [-0.3, -0.25) is 9.69 Å². The first-order valence-electron chi connectivity index (χ1n) is 8.38. The minimum atomic E-state index is -3.15. The van der Waals surface area contributed by atoms with E-state index in [1.54, 1.807) is 36.4 Å². The molecule has 2 aromatic carbocycles. The maximum absolute atomic E-state index is 14.6. The summed E-state index contributed by atoms with van der Waals surface area (Å²) in [5, 5.41) is 1.99. The van der Waals surface area contributed by atoms with Gasteiger partial charge in [-0.15, -0.1) is 11.6 Å². The van der Waals surface area contributed by atoms with Crippen LogP contribution in [0.25, 0.3) is 11.1 Å². The lowest BCUT2D eigenvalue weighted by molar-refractivity contribution is -0.132. The Hall–Kier alpha value is -2.74. The Bertz CT molecular complexity index is 877. The van der Waals surface area contributed by atoms with Crippen LogP contribution in [0.3, 0.4) is 0 Å². The largest absolute Gasteiger partial charge is 0.442 e. The van der Waals surface area contributed by atoms with Gasteiger partial charge >= 0.3 is 12.5 Å². The van der Waals surface area contributed by atoms with Gasteiger partial charge in [-0.25, -0.2) is 9.18 Å². The van der Waals surface area contributed by atoms with Crippen LogP contribution in [0.1, 0.15) is 5.56 Å². The third kappa shape index (κ3) is 4.39. The highest BCUT2D eigenvalue weighted by atomic mass is 35.5. The monoisotopic (exact) mass is 412 g/mol. The van der Waals surface area contributed by atoms with E-state index in [-0.39, 0.29) is 18.8 Å². The highest BCUT2D eigenvalue weighted by Crippen LogP contribution is 2.29. The number of amides is 2. The predicted molar refractivity (Wildman–Crippen MR) is 98.0 cm³/mol. The van der Waals surface area contributed by atoms with E-state index in [0.717, 1.165) is 5.56 Å².